The minimum absolute atomic E-state index is 0.0273. The Morgan fingerprint density at radius 1 is 1.07 bits per heavy atom. The second kappa shape index (κ2) is 13.0. The first-order valence-corrected chi connectivity index (χ1v) is 15.4. The lowest BCUT2D eigenvalue weighted by Crippen LogP contribution is -2.41. The zero-order valence-electron chi connectivity index (χ0n) is 23.9. The first-order chi connectivity index (χ1) is 19.4. The number of ether oxygens (including phenoxy) is 1. The fourth-order valence-electron chi connectivity index (χ4n) is 6.36. The Morgan fingerprint density at radius 2 is 1.85 bits per heavy atom. The number of aromatic nitrogens is 1. The number of carbonyl (C=O) groups excluding carboxylic acids is 1. The number of rotatable bonds is 7. The highest BCUT2D eigenvalue weighted by molar-refractivity contribution is 7.15. The molecule has 0 saturated heterocycles. The number of amides is 1. The second-order valence-corrected chi connectivity index (χ2v) is 12.4. The Hall–Kier alpha value is -3.14. The van der Waals surface area contributed by atoms with E-state index in [0.29, 0.717) is 24.7 Å². The first kappa shape index (κ1) is 28.4. The average Bonchev–Trinajstić information content (AvgIpc) is 3.45. The van der Waals surface area contributed by atoms with Gasteiger partial charge in [-0.1, -0.05) is 30.2 Å². The van der Waals surface area contributed by atoms with E-state index >= 15 is 0 Å². The maximum atomic E-state index is 14.0. The lowest BCUT2D eigenvalue weighted by molar-refractivity contribution is -0.124. The van der Waals surface area contributed by atoms with E-state index in [1.807, 2.05) is 19.2 Å². The van der Waals surface area contributed by atoms with E-state index in [1.165, 1.54) is 11.1 Å². The number of anilines is 1. The Kier molecular flexibility index (Phi) is 9.24. The van der Waals surface area contributed by atoms with Crippen molar-refractivity contribution < 1.29 is 14.6 Å². The molecular weight excluding hydrogens is 516 g/mol. The molecule has 2 fully saturated rings. The number of aryl methyl sites for hydroxylation is 1. The Bertz CT molecular complexity index is 1370. The van der Waals surface area contributed by atoms with Crippen molar-refractivity contribution in [2.24, 2.45) is 11.8 Å². The van der Waals surface area contributed by atoms with Crippen LogP contribution in [0, 0.1) is 30.6 Å². The topological polar surface area (TPSA) is 62.7 Å². The smallest absolute Gasteiger partial charge is 0.230 e. The van der Waals surface area contributed by atoms with Crippen LogP contribution in [0.25, 0.3) is 10.4 Å². The Morgan fingerprint density at radius 3 is 2.55 bits per heavy atom. The lowest BCUT2D eigenvalue weighted by atomic mass is 9.78. The molecule has 0 bridgehead atoms. The van der Waals surface area contributed by atoms with Gasteiger partial charge in [0.1, 0.15) is 5.75 Å². The fraction of sp³-hybridized carbons (Fsp3) is 0.471. The molecule has 1 heterocycles. The highest BCUT2D eigenvalue weighted by Crippen LogP contribution is 2.39. The van der Waals surface area contributed by atoms with E-state index in [0.717, 1.165) is 72.0 Å². The zero-order chi connectivity index (χ0) is 28.1. The van der Waals surface area contributed by atoms with Crippen LogP contribution < -0.4 is 9.64 Å². The number of carbonyl (C=O) groups is 1. The number of thiazole rings is 1. The molecule has 2 aliphatic rings. The van der Waals surface area contributed by atoms with Crippen LogP contribution in [0.4, 0.5) is 5.69 Å². The van der Waals surface area contributed by atoms with Gasteiger partial charge in [0, 0.05) is 24.3 Å². The number of benzene rings is 2. The van der Waals surface area contributed by atoms with E-state index in [4.69, 9.17) is 4.74 Å². The molecule has 2 aromatic carbocycles. The van der Waals surface area contributed by atoms with Crippen LogP contribution in [0.3, 0.4) is 0 Å². The molecule has 0 spiro atoms. The van der Waals surface area contributed by atoms with Gasteiger partial charge in [-0.2, -0.15) is 0 Å². The van der Waals surface area contributed by atoms with Gasteiger partial charge in [0.2, 0.25) is 5.91 Å². The summed E-state index contributed by atoms with van der Waals surface area (Å²) in [4.78, 5) is 21.6. The minimum atomic E-state index is -0.274. The van der Waals surface area contributed by atoms with Gasteiger partial charge < -0.3 is 14.7 Å². The zero-order valence-corrected chi connectivity index (χ0v) is 24.7. The van der Waals surface area contributed by atoms with Gasteiger partial charge in [-0.3, -0.25) is 4.79 Å². The summed E-state index contributed by atoms with van der Waals surface area (Å²) in [5, 5.41) is 10.9. The van der Waals surface area contributed by atoms with Crippen molar-refractivity contribution in [2.75, 3.05) is 18.6 Å². The normalized spacial score (nSPS) is 22.7. The van der Waals surface area contributed by atoms with Gasteiger partial charge in [-0.25, -0.2) is 4.98 Å². The number of hydrogen-bond acceptors (Lipinski definition) is 5. The van der Waals surface area contributed by atoms with E-state index in [9.17, 15) is 9.90 Å². The number of methoxy groups -OCH3 is 1. The van der Waals surface area contributed by atoms with Crippen molar-refractivity contribution in [3.63, 3.8) is 0 Å². The van der Waals surface area contributed by atoms with Crippen LogP contribution in [-0.4, -0.2) is 35.8 Å². The summed E-state index contributed by atoms with van der Waals surface area (Å²) >= 11 is 1.58. The van der Waals surface area contributed by atoms with Gasteiger partial charge >= 0.3 is 0 Å². The molecular formula is C34H40N2O3S. The number of hydrogen-bond donors (Lipinski definition) is 1. The summed E-state index contributed by atoms with van der Waals surface area (Å²) in [6, 6.07) is 14.9. The summed E-state index contributed by atoms with van der Waals surface area (Å²) in [5.41, 5.74) is 4.61. The summed E-state index contributed by atoms with van der Waals surface area (Å²) < 4.78 is 5.46. The molecule has 0 aliphatic heterocycles. The molecule has 0 radical (unpaired) electrons. The monoisotopic (exact) mass is 556 g/mol. The predicted octanol–water partition coefficient (Wildman–Crippen LogP) is 7.36. The fourth-order valence-corrected chi connectivity index (χ4v) is 7.17. The highest BCUT2D eigenvalue weighted by atomic mass is 32.1. The van der Waals surface area contributed by atoms with Crippen molar-refractivity contribution in [3.8, 4) is 28.0 Å². The van der Waals surface area contributed by atoms with E-state index in [1.54, 1.807) is 18.4 Å². The van der Waals surface area contributed by atoms with Gasteiger partial charge in [0.15, 0.2) is 5.01 Å². The number of aliphatic hydroxyl groups is 1. The molecule has 5 nitrogen and oxygen atoms in total. The van der Waals surface area contributed by atoms with E-state index < -0.39 is 0 Å². The van der Waals surface area contributed by atoms with E-state index in [2.05, 4.69) is 65.0 Å². The minimum Gasteiger partial charge on any atom is -0.496 e. The number of aliphatic hydroxyl groups excluding tert-OH is 1. The SMILES string of the molecule is CC#Cc1ncc(-c2cccc(N(C[C@H]3CC[C@H](c4ccc(OC)c(C)c4)CC3)C(=O)[C@H]3CC[C@H](O)CC3)c2)s1. The molecule has 1 amide bonds. The molecule has 210 valence electrons. The Balaban J connectivity index is 1.34. The van der Waals surface area contributed by atoms with Crippen molar-refractivity contribution in [2.45, 2.75) is 77.2 Å². The maximum Gasteiger partial charge on any atom is 0.230 e. The van der Waals surface area contributed by atoms with Crippen LogP contribution in [0.2, 0.25) is 0 Å². The molecule has 2 saturated carbocycles. The van der Waals surface area contributed by atoms with Gasteiger partial charge in [0.05, 0.1) is 18.1 Å². The van der Waals surface area contributed by atoms with Gasteiger partial charge in [-0.05, 0) is 118 Å². The molecule has 5 rings (SSSR count). The van der Waals surface area contributed by atoms with Gasteiger partial charge in [-0.15, -0.1) is 11.3 Å². The average molecular weight is 557 g/mol. The standard InChI is InChI=1S/C34H40N2O3S/c1-4-6-33-35-21-32(40-33)28-7-5-8-29(20-28)36(34(38)26-13-16-30(37)17-14-26)22-24-9-11-25(12-10-24)27-15-18-31(39-3)23(2)19-27/h5,7-8,15,18-21,24-26,30,37H,9-14,16-17,22H2,1-3H3/t24-,25-,26-,30-. The van der Waals surface area contributed by atoms with E-state index in [-0.39, 0.29) is 17.9 Å². The van der Waals surface area contributed by atoms with Crippen molar-refractivity contribution >= 4 is 22.9 Å². The molecule has 2 aliphatic carbocycles. The Labute approximate surface area is 242 Å². The van der Waals surface area contributed by atoms with Crippen LogP contribution in [0.5, 0.6) is 5.75 Å². The molecule has 1 N–H and O–H groups in total. The largest absolute Gasteiger partial charge is 0.496 e. The summed E-state index contributed by atoms with van der Waals surface area (Å²) in [7, 11) is 1.72. The lowest BCUT2D eigenvalue weighted by Gasteiger charge is -2.36. The first-order valence-electron chi connectivity index (χ1n) is 14.6. The molecule has 0 unspecified atom stereocenters. The number of nitrogens with zero attached hydrogens (tertiary/aromatic N) is 2. The van der Waals surface area contributed by atoms with Crippen molar-refractivity contribution in [1.82, 2.24) is 4.98 Å². The third-order valence-corrected chi connectivity index (χ3v) is 9.63. The quantitative estimate of drug-likeness (QED) is 0.309. The molecule has 0 atom stereocenters. The van der Waals surface area contributed by atoms with Crippen LogP contribution in [0.15, 0.2) is 48.7 Å². The van der Waals surface area contributed by atoms with Crippen LogP contribution in [-0.2, 0) is 4.79 Å². The van der Waals surface area contributed by atoms with Crippen LogP contribution >= 0.6 is 11.3 Å². The summed E-state index contributed by atoms with van der Waals surface area (Å²) in [5.74, 6) is 8.11. The third-order valence-electron chi connectivity index (χ3n) is 8.67. The van der Waals surface area contributed by atoms with Crippen molar-refractivity contribution in [1.29, 1.82) is 0 Å². The molecule has 1 aromatic heterocycles. The van der Waals surface area contributed by atoms with Gasteiger partial charge in [0.25, 0.3) is 0 Å². The predicted molar refractivity (Wildman–Crippen MR) is 163 cm³/mol. The van der Waals surface area contributed by atoms with Crippen LogP contribution in [0.1, 0.15) is 80.3 Å². The molecule has 3 aromatic rings. The van der Waals surface area contributed by atoms with Crippen molar-refractivity contribution in [3.05, 3.63) is 64.8 Å². The molecule has 40 heavy (non-hydrogen) atoms. The summed E-state index contributed by atoms with van der Waals surface area (Å²) in [6.45, 7) is 4.67. The summed E-state index contributed by atoms with van der Waals surface area (Å²) in [6.07, 6.45) is 9.02. The molecule has 6 heteroatoms. The second-order valence-electron chi connectivity index (χ2n) is 11.4. The maximum absolute atomic E-state index is 14.0. The third kappa shape index (κ3) is 6.59. The highest BCUT2D eigenvalue weighted by Gasteiger charge is 2.32.